The molecule has 0 N–H and O–H groups in total. The Morgan fingerprint density at radius 1 is 0.571 bits per heavy atom. The molecule has 0 radical (unpaired) electrons. The topological polar surface area (TPSA) is 0 Å². The van der Waals surface area contributed by atoms with Crippen LogP contribution in [0.1, 0.15) is 0 Å². The van der Waals surface area contributed by atoms with Crippen LogP contribution in [-0.4, -0.2) is 155 Å². The first kappa shape index (κ1) is 52.4. The molecular formula is H8Cl3K2MgNa. The molecule has 0 unspecified atom stereocenters. The third kappa shape index (κ3) is 33.5. The van der Waals surface area contributed by atoms with Gasteiger partial charge < -0.3 is 0 Å². The minimum atomic E-state index is 0. The normalized spacial score (nSPS) is 0. The summed E-state index contributed by atoms with van der Waals surface area (Å²) in [6, 6.07) is 0. The fraction of sp³-hybridized carbons (Fsp3) is 0. The van der Waals surface area contributed by atoms with Gasteiger partial charge in [-0.1, -0.05) is 0 Å². The number of halogens is 3. The van der Waals surface area contributed by atoms with Crippen LogP contribution < -0.4 is 0 Å². The van der Waals surface area contributed by atoms with Gasteiger partial charge in [-0.3, -0.25) is 0 Å². The monoisotopic (exact) mass is 238 g/mol. The second-order valence-electron chi connectivity index (χ2n) is 0. The average Bonchev–Trinajstić information content (AvgIpc) is 0. The molecule has 0 aromatic heterocycles. The molecule has 0 fully saturated rings. The van der Waals surface area contributed by atoms with Crippen LogP contribution in [-0.2, 0) is 0 Å². The summed E-state index contributed by atoms with van der Waals surface area (Å²) in [4.78, 5) is 0. The summed E-state index contributed by atoms with van der Waals surface area (Å²) in [6.07, 6.45) is 0. The van der Waals surface area contributed by atoms with Crippen molar-refractivity contribution in [1.29, 1.82) is 0 Å². The van der Waals surface area contributed by atoms with Gasteiger partial charge in [-0.05, 0) is 0 Å². The number of hydrogen-bond donors (Lipinski definition) is 0. The Kier molecular flexibility index (Phi) is 304. The van der Waals surface area contributed by atoms with Gasteiger partial charge in [-0.2, -0.15) is 0 Å². The molecule has 0 aliphatic rings. The van der Waals surface area contributed by atoms with E-state index >= 15 is 0 Å². The van der Waals surface area contributed by atoms with E-state index in [-0.39, 0.29) is 193 Å². The van der Waals surface area contributed by atoms with Crippen molar-refractivity contribution in [2.24, 2.45) is 0 Å². The van der Waals surface area contributed by atoms with Crippen molar-refractivity contribution in [2.45, 2.75) is 0 Å². The molecule has 0 rings (SSSR count). The zero-order chi connectivity index (χ0) is 0. The third-order valence-corrected chi connectivity index (χ3v) is 0. The molecule has 0 aliphatic carbocycles. The molecule has 34 valence electrons. The van der Waals surface area contributed by atoms with Gasteiger partial charge in [-0.15, -0.1) is 37.2 Å². The van der Waals surface area contributed by atoms with Gasteiger partial charge in [0.25, 0.3) is 0 Å². The average molecular weight is 240 g/mol. The fourth-order valence-electron chi connectivity index (χ4n) is 0. The quantitative estimate of drug-likeness (QED) is 0.447. The molecule has 0 aliphatic heterocycles. The summed E-state index contributed by atoms with van der Waals surface area (Å²) < 4.78 is 0. The molecule has 0 nitrogen and oxygen atoms in total. The Bertz CT molecular complexity index is 12.9. The molecule has 0 aromatic rings. The van der Waals surface area contributed by atoms with Crippen molar-refractivity contribution in [1.82, 2.24) is 0 Å². The van der Waals surface area contributed by atoms with Crippen molar-refractivity contribution in [3.63, 3.8) is 0 Å². The predicted octanol–water partition coefficient (Wildman–Crippen LogP) is -1.60. The summed E-state index contributed by atoms with van der Waals surface area (Å²) in [5, 5.41) is 0. The molecule has 0 bridgehead atoms. The standard InChI is InChI=1S/3ClH.2K.Mg.Na.5H/h3*1H;;;;;;;;;. The van der Waals surface area contributed by atoms with E-state index in [1.807, 2.05) is 0 Å². The van der Waals surface area contributed by atoms with E-state index in [1.165, 1.54) is 0 Å². The van der Waals surface area contributed by atoms with E-state index in [2.05, 4.69) is 0 Å². The maximum absolute atomic E-state index is 0. The van der Waals surface area contributed by atoms with Crippen LogP contribution >= 0.6 is 37.2 Å². The van der Waals surface area contributed by atoms with Crippen LogP contribution in [0.2, 0.25) is 0 Å². The first-order valence-electron chi connectivity index (χ1n) is 0. The Balaban J connectivity index is 0. The summed E-state index contributed by atoms with van der Waals surface area (Å²) in [6.45, 7) is 0. The van der Waals surface area contributed by atoms with E-state index in [4.69, 9.17) is 0 Å². The summed E-state index contributed by atoms with van der Waals surface area (Å²) in [5.74, 6) is 0. The van der Waals surface area contributed by atoms with Gasteiger partial charge in [-0.25, -0.2) is 0 Å². The van der Waals surface area contributed by atoms with Crippen molar-refractivity contribution in [3.05, 3.63) is 0 Å². The van der Waals surface area contributed by atoms with Gasteiger partial charge in [0.15, 0.2) is 0 Å². The van der Waals surface area contributed by atoms with Crippen molar-refractivity contribution in [3.8, 4) is 0 Å². The van der Waals surface area contributed by atoms with Gasteiger partial charge in [0, 0.05) is 0 Å². The Morgan fingerprint density at radius 2 is 0.571 bits per heavy atom. The van der Waals surface area contributed by atoms with Gasteiger partial charge in [0.1, 0.15) is 0 Å². The minimum absolute atomic E-state index is 0. The van der Waals surface area contributed by atoms with E-state index in [0.29, 0.717) is 0 Å². The zero-order valence-corrected chi connectivity index (χ0v) is 3.67. The van der Waals surface area contributed by atoms with Crippen LogP contribution in [0.5, 0.6) is 0 Å². The molecule has 0 saturated heterocycles. The number of hydrogen-bond acceptors (Lipinski definition) is 0. The first-order chi connectivity index (χ1) is 0. The molecule has 0 heterocycles. The van der Waals surface area contributed by atoms with Crippen molar-refractivity contribution >= 4 is 193 Å². The summed E-state index contributed by atoms with van der Waals surface area (Å²) >= 11 is 0. The van der Waals surface area contributed by atoms with Crippen LogP contribution in [0.4, 0.5) is 0 Å². The Labute approximate surface area is 186 Å². The van der Waals surface area contributed by atoms with E-state index in [0.717, 1.165) is 0 Å². The van der Waals surface area contributed by atoms with Crippen LogP contribution in [0.25, 0.3) is 0 Å². The van der Waals surface area contributed by atoms with Gasteiger partial charge in [0.05, 0.1) is 0 Å². The van der Waals surface area contributed by atoms with E-state index in [9.17, 15) is 0 Å². The Hall–Kier alpha value is 5.91. The Morgan fingerprint density at radius 3 is 0.571 bits per heavy atom. The summed E-state index contributed by atoms with van der Waals surface area (Å²) in [5.41, 5.74) is 0. The molecular weight excluding hydrogens is 232 g/mol. The van der Waals surface area contributed by atoms with Crippen LogP contribution in [0, 0.1) is 0 Å². The predicted molar refractivity (Wildman–Crippen MR) is 51.7 cm³/mol. The van der Waals surface area contributed by atoms with Gasteiger partial charge in [0.2, 0.25) is 0 Å². The number of rotatable bonds is 0. The van der Waals surface area contributed by atoms with Crippen LogP contribution in [0.15, 0.2) is 0 Å². The summed E-state index contributed by atoms with van der Waals surface area (Å²) in [7, 11) is 0. The van der Waals surface area contributed by atoms with Crippen LogP contribution in [0.3, 0.4) is 0 Å². The molecule has 0 atom stereocenters. The molecule has 7 heavy (non-hydrogen) atoms. The SMILES string of the molecule is Cl.Cl.Cl.[KH].[KH].[MgH2].[NaH]. The molecule has 0 saturated carbocycles. The molecule has 0 aromatic carbocycles. The second kappa shape index (κ2) is 40.6. The van der Waals surface area contributed by atoms with Crippen molar-refractivity contribution < 1.29 is 0 Å². The molecule has 0 spiro atoms. The van der Waals surface area contributed by atoms with E-state index in [1.54, 1.807) is 0 Å². The zero-order valence-electron chi connectivity index (χ0n) is 1.22. The second-order valence-corrected chi connectivity index (χ2v) is 0. The maximum atomic E-state index is 0. The van der Waals surface area contributed by atoms with Gasteiger partial charge >= 0.3 is 155 Å². The third-order valence-electron chi connectivity index (χ3n) is 0. The van der Waals surface area contributed by atoms with Crippen molar-refractivity contribution in [2.75, 3.05) is 0 Å². The van der Waals surface area contributed by atoms with E-state index < -0.39 is 0 Å². The molecule has 0 amide bonds. The molecule has 7 heteroatoms. The fourth-order valence-corrected chi connectivity index (χ4v) is 0. The first-order valence-corrected chi connectivity index (χ1v) is 0.